The van der Waals surface area contributed by atoms with E-state index in [0.717, 1.165) is 38.7 Å². The molecule has 2 amide bonds. The van der Waals surface area contributed by atoms with Crippen LogP contribution >= 0.6 is 11.8 Å². The highest BCUT2D eigenvalue weighted by Crippen LogP contribution is 2.35. The smallest absolute Gasteiger partial charge is 0.293 e. The van der Waals surface area contributed by atoms with Crippen LogP contribution in [-0.4, -0.2) is 30.5 Å². The molecule has 3 aromatic carbocycles. The van der Waals surface area contributed by atoms with Crippen LogP contribution in [0.25, 0.3) is 17.0 Å². The van der Waals surface area contributed by atoms with E-state index in [0.29, 0.717) is 12.1 Å². The van der Waals surface area contributed by atoms with Gasteiger partial charge in [0.05, 0.1) is 21.3 Å². The summed E-state index contributed by atoms with van der Waals surface area (Å²) in [5.41, 5.74) is 3.11. The summed E-state index contributed by atoms with van der Waals surface area (Å²) in [6, 6.07) is 19.7. The van der Waals surface area contributed by atoms with Crippen LogP contribution in [0, 0.1) is 20.2 Å². The van der Waals surface area contributed by atoms with Crippen molar-refractivity contribution >= 4 is 51.3 Å². The number of para-hydroxylation sites is 1. The molecular formula is C26H18N4O6S. The number of amides is 2. The number of carbonyl (C=O) groups is 2. The van der Waals surface area contributed by atoms with E-state index in [2.05, 4.69) is 0 Å². The van der Waals surface area contributed by atoms with Crippen LogP contribution < -0.4 is 0 Å². The molecule has 10 nitrogen and oxygen atoms in total. The molecule has 1 aliphatic heterocycles. The number of imide groups is 1. The lowest BCUT2D eigenvalue weighted by Gasteiger charge is -2.12. The quantitative estimate of drug-likeness (QED) is 0.175. The molecule has 0 radical (unpaired) electrons. The second kappa shape index (κ2) is 9.70. The lowest BCUT2D eigenvalue weighted by Crippen LogP contribution is -2.27. The highest BCUT2D eigenvalue weighted by atomic mass is 32.2. The maximum absolute atomic E-state index is 13.1. The van der Waals surface area contributed by atoms with Gasteiger partial charge in [-0.25, -0.2) is 0 Å². The van der Waals surface area contributed by atoms with Crippen molar-refractivity contribution in [3.05, 3.63) is 121 Å². The highest BCUT2D eigenvalue weighted by molar-refractivity contribution is 8.18. The normalized spacial score (nSPS) is 14.6. The number of carbonyl (C=O) groups excluding carboxylic acids is 2. The minimum Gasteiger partial charge on any atom is -0.342 e. The Morgan fingerprint density at radius 3 is 1.95 bits per heavy atom. The third-order valence-electron chi connectivity index (χ3n) is 5.97. The lowest BCUT2D eigenvalue weighted by molar-refractivity contribution is -0.385. The first-order valence-electron chi connectivity index (χ1n) is 11.1. The molecule has 184 valence electrons. The van der Waals surface area contributed by atoms with Gasteiger partial charge >= 0.3 is 0 Å². The van der Waals surface area contributed by atoms with Crippen molar-refractivity contribution in [2.45, 2.75) is 13.1 Å². The maximum atomic E-state index is 13.1. The molecule has 1 aromatic heterocycles. The predicted molar refractivity (Wildman–Crippen MR) is 139 cm³/mol. The first-order valence-corrected chi connectivity index (χ1v) is 11.9. The molecule has 0 aliphatic carbocycles. The molecule has 0 spiro atoms. The van der Waals surface area contributed by atoms with Crippen molar-refractivity contribution in [2.24, 2.45) is 0 Å². The Hall–Kier alpha value is -4.77. The largest absolute Gasteiger partial charge is 0.342 e. The van der Waals surface area contributed by atoms with Gasteiger partial charge < -0.3 is 4.57 Å². The van der Waals surface area contributed by atoms with Crippen molar-refractivity contribution in [3.8, 4) is 0 Å². The van der Waals surface area contributed by atoms with Crippen molar-refractivity contribution in [1.29, 1.82) is 0 Å². The number of non-ortho nitro benzene ring substituents is 2. The predicted octanol–water partition coefficient (Wildman–Crippen LogP) is 5.74. The summed E-state index contributed by atoms with van der Waals surface area (Å²) in [5.74, 6) is -0.430. The molecule has 11 heteroatoms. The van der Waals surface area contributed by atoms with Crippen molar-refractivity contribution in [3.63, 3.8) is 0 Å². The van der Waals surface area contributed by atoms with Gasteiger partial charge in [-0.05, 0) is 35.0 Å². The highest BCUT2D eigenvalue weighted by Gasteiger charge is 2.35. The summed E-state index contributed by atoms with van der Waals surface area (Å²) in [4.78, 5) is 47.9. The summed E-state index contributed by atoms with van der Waals surface area (Å²) < 4.78 is 1.99. The Bertz CT molecular complexity index is 1590. The number of rotatable bonds is 7. The zero-order valence-electron chi connectivity index (χ0n) is 19.1. The molecule has 0 saturated carbocycles. The number of nitro benzene ring substituents is 2. The van der Waals surface area contributed by atoms with E-state index in [4.69, 9.17) is 0 Å². The van der Waals surface area contributed by atoms with Crippen LogP contribution in [-0.2, 0) is 17.9 Å². The SMILES string of the molecule is O=C1SC(=Cc2cn(Cc3ccc([N+](=O)[O-])cc3)c3ccccc23)C(=O)N1Cc1ccc([N+](=O)[O-])cc1. The first-order chi connectivity index (χ1) is 17.8. The van der Waals surface area contributed by atoms with Gasteiger partial charge in [0.25, 0.3) is 22.5 Å². The average molecular weight is 515 g/mol. The summed E-state index contributed by atoms with van der Waals surface area (Å²) in [6.07, 6.45) is 3.58. The zero-order chi connectivity index (χ0) is 26.1. The van der Waals surface area contributed by atoms with Gasteiger partial charge in [0.15, 0.2) is 0 Å². The summed E-state index contributed by atoms with van der Waals surface area (Å²) >= 11 is 0.847. The van der Waals surface area contributed by atoms with Crippen molar-refractivity contribution in [1.82, 2.24) is 9.47 Å². The number of thioether (sulfide) groups is 1. The van der Waals surface area contributed by atoms with Crippen molar-refractivity contribution in [2.75, 3.05) is 0 Å². The number of nitro groups is 2. The van der Waals surface area contributed by atoms with Crippen LogP contribution in [0.4, 0.5) is 16.2 Å². The van der Waals surface area contributed by atoms with E-state index in [9.17, 15) is 29.8 Å². The number of fused-ring (bicyclic) bond motifs is 1. The van der Waals surface area contributed by atoms with E-state index in [1.807, 2.05) is 35.0 Å². The van der Waals surface area contributed by atoms with E-state index >= 15 is 0 Å². The van der Waals surface area contributed by atoms with Gasteiger partial charge in [-0.3, -0.25) is 34.7 Å². The zero-order valence-corrected chi connectivity index (χ0v) is 20.0. The summed E-state index contributed by atoms with van der Waals surface area (Å²) in [5, 5.41) is 22.3. The Balaban J connectivity index is 1.41. The number of aromatic nitrogens is 1. The molecule has 4 aromatic rings. The standard InChI is InChI=1S/C26H18N4O6S/c31-25-24(37-26(32)28(25)15-18-7-11-21(12-8-18)30(35)36)13-19-16-27(23-4-2-1-3-22(19)23)14-17-5-9-20(10-6-17)29(33)34/h1-13,16H,14-15H2. The fourth-order valence-corrected chi connectivity index (χ4v) is 4.95. The third-order valence-corrected chi connectivity index (χ3v) is 6.87. The maximum Gasteiger partial charge on any atom is 0.293 e. The Morgan fingerprint density at radius 2 is 1.35 bits per heavy atom. The minimum absolute atomic E-state index is 0.0158. The van der Waals surface area contributed by atoms with Gasteiger partial charge in [-0.15, -0.1) is 0 Å². The number of hydrogen-bond acceptors (Lipinski definition) is 7. The number of nitrogens with zero attached hydrogens (tertiary/aromatic N) is 4. The Kier molecular flexibility index (Phi) is 6.28. The first kappa shape index (κ1) is 23.9. The van der Waals surface area contributed by atoms with E-state index < -0.39 is 21.0 Å². The summed E-state index contributed by atoms with van der Waals surface area (Å²) in [7, 11) is 0. The topological polar surface area (TPSA) is 129 Å². The Morgan fingerprint density at radius 1 is 0.784 bits per heavy atom. The number of hydrogen-bond donors (Lipinski definition) is 0. The van der Waals surface area contributed by atoms with Crippen LogP contribution in [0.3, 0.4) is 0 Å². The van der Waals surface area contributed by atoms with Gasteiger partial charge in [0.1, 0.15) is 0 Å². The molecule has 0 atom stereocenters. The summed E-state index contributed by atoms with van der Waals surface area (Å²) in [6.45, 7) is 0.482. The molecule has 5 rings (SSSR count). The molecule has 0 unspecified atom stereocenters. The molecule has 0 bridgehead atoms. The molecular weight excluding hydrogens is 496 g/mol. The average Bonchev–Trinajstić information content (AvgIpc) is 3.36. The molecule has 1 aliphatic rings. The molecule has 37 heavy (non-hydrogen) atoms. The molecule has 1 fully saturated rings. The molecule has 0 N–H and O–H groups in total. The van der Waals surface area contributed by atoms with Crippen LogP contribution in [0.5, 0.6) is 0 Å². The van der Waals surface area contributed by atoms with Gasteiger partial charge in [-0.2, -0.15) is 0 Å². The van der Waals surface area contributed by atoms with E-state index in [-0.39, 0.29) is 22.8 Å². The second-order valence-electron chi connectivity index (χ2n) is 8.34. The van der Waals surface area contributed by atoms with Crippen molar-refractivity contribution < 1.29 is 19.4 Å². The van der Waals surface area contributed by atoms with Crippen LogP contribution in [0.15, 0.2) is 83.9 Å². The van der Waals surface area contributed by atoms with Gasteiger partial charge in [-0.1, -0.05) is 42.5 Å². The van der Waals surface area contributed by atoms with Crippen LogP contribution in [0.1, 0.15) is 16.7 Å². The third kappa shape index (κ3) is 4.84. The fourth-order valence-electron chi connectivity index (χ4n) is 4.12. The second-order valence-corrected chi connectivity index (χ2v) is 9.34. The van der Waals surface area contributed by atoms with Crippen LogP contribution in [0.2, 0.25) is 0 Å². The number of benzene rings is 3. The van der Waals surface area contributed by atoms with E-state index in [1.54, 1.807) is 18.2 Å². The molecule has 2 heterocycles. The Labute approximate surface area is 214 Å². The van der Waals surface area contributed by atoms with E-state index in [1.165, 1.54) is 36.4 Å². The monoisotopic (exact) mass is 514 g/mol. The van der Waals surface area contributed by atoms with Gasteiger partial charge in [0.2, 0.25) is 0 Å². The fraction of sp³-hybridized carbons (Fsp3) is 0.0769. The molecule has 1 saturated heterocycles. The van der Waals surface area contributed by atoms with Gasteiger partial charge in [0, 0.05) is 53.5 Å². The lowest BCUT2D eigenvalue weighted by atomic mass is 10.1. The minimum atomic E-state index is -0.509.